The SMILES string of the molecule is C1CNCCNCCN1.CCOc1ccc(C#Cc2cc(C)nc(CN3CCN(Cc4cc(C#Cc5ccc(OCC)cc5)cc(C)n4)CCN(Cc4cc(C#Cc5ccc(OCOC)cc5)cc(C(=O)OC)n4)CC3)c2)cc1.CCc1cc(C#Cc2ccc(OCOC)cc2)cc(C(=O)OC)n1.O=C=O.O=C=O. The molecule has 8 aromatic rings. The fourth-order valence-corrected chi connectivity index (χ4v) is 10.7. The molecule has 0 aliphatic carbocycles. The summed E-state index contributed by atoms with van der Waals surface area (Å²) in [6.45, 7) is 24.6. The molecule has 2 aliphatic rings. The van der Waals surface area contributed by atoms with Gasteiger partial charge in [-0.15, -0.1) is 0 Å². The number of carbonyl (C=O) groups excluding carboxylic acids is 6. The van der Waals surface area contributed by atoms with Crippen LogP contribution in [-0.2, 0) is 64.2 Å². The number of rotatable bonds is 19. The Morgan fingerprint density at radius 2 is 0.615 bits per heavy atom. The van der Waals surface area contributed by atoms with Crippen LogP contribution in [0.3, 0.4) is 0 Å². The molecule has 4 aromatic carbocycles. The predicted molar refractivity (Wildman–Crippen MR) is 410 cm³/mol. The van der Waals surface area contributed by atoms with Crippen molar-refractivity contribution < 1.29 is 66.7 Å². The number of nitrogens with one attached hydrogen (secondary N) is 3. The highest BCUT2D eigenvalue weighted by molar-refractivity contribution is 5.88. The van der Waals surface area contributed by atoms with Crippen LogP contribution in [0, 0.1) is 61.2 Å². The Bertz CT molecular complexity index is 4310. The number of esters is 2. The lowest BCUT2D eigenvalue weighted by Gasteiger charge is -2.25. The molecule has 0 atom stereocenters. The zero-order valence-electron chi connectivity index (χ0n) is 63.3. The Morgan fingerprint density at radius 1 is 0.358 bits per heavy atom. The highest BCUT2D eigenvalue weighted by Gasteiger charge is 2.21. The van der Waals surface area contributed by atoms with Gasteiger partial charge in [0.2, 0.25) is 0 Å². The summed E-state index contributed by atoms with van der Waals surface area (Å²) >= 11 is 0. The fraction of sp³-hybridized carbons (Fsp3) is 0.341. The maximum absolute atomic E-state index is 13.0. The van der Waals surface area contributed by atoms with Gasteiger partial charge < -0.3 is 53.8 Å². The van der Waals surface area contributed by atoms with Crippen molar-refractivity contribution in [3.8, 4) is 70.4 Å². The second-order valence-corrected chi connectivity index (χ2v) is 24.1. The largest absolute Gasteiger partial charge is 0.494 e. The minimum absolute atomic E-state index is 0.161. The summed E-state index contributed by atoms with van der Waals surface area (Å²) in [7, 11) is 5.85. The van der Waals surface area contributed by atoms with E-state index in [0.29, 0.717) is 56.3 Å². The van der Waals surface area contributed by atoms with Crippen molar-refractivity contribution in [1.82, 2.24) is 50.6 Å². The average Bonchev–Trinajstić information content (AvgIpc) is 1.60. The first-order valence-electron chi connectivity index (χ1n) is 35.5. The van der Waals surface area contributed by atoms with E-state index in [1.165, 1.54) is 14.2 Å². The zero-order chi connectivity index (χ0) is 78.2. The van der Waals surface area contributed by atoms with Gasteiger partial charge in [-0.1, -0.05) is 54.3 Å². The van der Waals surface area contributed by atoms with Gasteiger partial charge in [0.05, 0.1) is 44.5 Å². The molecule has 0 unspecified atom stereocenters. The second kappa shape index (κ2) is 50.0. The van der Waals surface area contributed by atoms with Crippen LogP contribution in [0.25, 0.3) is 0 Å². The van der Waals surface area contributed by atoms with Crippen molar-refractivity contribution in [2.45, 2.75) is 60.7 Å². The van der Waals surface area contributed by atoms with Gasteiger partial charge in [0.1, 0.15) is 34.4 Å². The van der Waals surface area contributed by atoms with Gasteiger partial charge in [-0.3, -0.25) is 24.7 Å². The molecule has 568 valence electrons. The van der Waals surface area contributed by atoms with Gasteiger partial charge in [-0.2, -0.15) is 19.2 Å². The number of hydrogen-bond donors (Lipinski definition) is 3. The Balaban J connectivity index is 0.000000386. The molecular formula is C85H94N10O14. The van der Waals surface area contributed by atoms with E-state index in [1.807, 2.05) is 156 Å². The van der Waals surface area contributed by atoms with E-state index in [9.17, 15) is 9.59 Å². The summed E-state index contributed by atoms with van der Waals surface area (Å²) in [6, 6.07) is 45.9. The summed E-state index contributed by atoms with van der Waals surface area (Å²) in [5, 5.41) is 9.91. The molecule has 109 heavy (non-hydrogen) atoms. The number of benzene rings is 4. The number of carbonyl (C=O) groups is 2. The Morgan fingerprint density at radius 3 is 0.890 bits per heavy atom. The molecule has 6 heterocycles. The van der Waals surface area contributed by atoms with E-state index in [4.69, 9.17) is 72.0 Å². The smallest absolute Gasteiger partial charge is 0.373 e. The Kier molecular flexibility index (Phi) is 39.5. The Hall–Kier alpha value is -11.7. The van der Waals surface area contributed by atoms with Crippen LogP contribution in [0.2, 0.25) is 0 Å². The van der Waals surface area contributed by atoms with Crippen molar-refractivity contribution >= 4 is 24.2 Å². The van der Waals surface area contributed by atoms with Crippen LogP contribution in [0.1, 0.15) is 120 Å². The first-order chi connectivity index (χ1) is 53.1. The summed E-state index contributed by atoms with van der Waals surface area (Å²) in [5.41, 5.74) is 12.4. The van der Waals surface area contributed by atoms with Crippen molar-refractivity contribution in [3.05, 3.63) is 236 Å². The number of ether oxygens (including phenoxy) is 8. The van der Waals surface area contributed by atoms with Crippen molar-refractivity contribution in [1.29, 1.82) is 0 Å². The monoisotopic (exact) mass is 1480 g/mol. The lowest BCUT2D eigenvalue weighted by atomic mass is 10.1. The van der Waals surface area contributed by atoms with Gasteiger partial charge in [-0.25, -0.2) is 19.6 Å². The van der Waals surface area contributed by atoms with Crippen LogP contribution >= 0.6 is 0 Å². The molecule has 24 heteroatoms. The number of nitrogens with zero attached hydrogens (tertiary/aromatic N) is 7. The van der Waals surface area contributed by atoms with Crippen LogP contribution < -0.4 is 34.9 Å². The average molecular weight is 1480 g/mol. The molecule has 0 radical (unpaired) electrons. The molecule has 24 nitrogen and oxygen atoms in total. The molecule has 0 saturated carbocycles. The first kappa shape index (κ1) is 86.2. The summed E-state index contributed by atoms with van der Waals surface area (Å²) in [5.74, 6) is 28.0. The molecule has 2 aliphatic heterocycles. The zero-order valence-corrected chi connectivity index (χ0v) is 63.3. The fourth-order valence-electron chi connectivity index (χ4n) is 10.7. The molecule has 2 fully saturated rings. The standard InChI is InChI=1S/C58H60N6O6.C19H19NO4.C6H15N3.2CO2/c1-7-68-54-21-15-45(16-22-54)9-12-48-33-43(3)59-51(35-48)39-62-27-28-63(40-52-36-49(34-44(4)60-52)13-10-46-17-23-55(24-18-46)69-8-2)30-32-64(31-29-62)41-53-37-50(38-57(61-53)58(65)67-6)14-11-47-19-25-56(26-20-47)70-42-66-5;1-4-16-11-15(12-18(20-16)19(21)23-3)6-5-14-7-9-17(10-8-14)24-13-22-2;1-2-8-5-6-9-4-3-7-1;2*2-1-3/h15-26,33-38H,7-8,27-32,39-42H2,1-6H3;7-12H,4,13H2,1-3H3;7-9H,1-6H2;;. The van der Waals surface area contributed by atoms with E-state index in [1.54, 1.807) is 26.4 Å². The topological polar surface area (TPSA) is 274 Å². The summed E-state index contributed by atoms with van der Waals surface area (Å²) in [6.07, 6.45) is 1.21. The lowest BCUT2D eigenvalue weighted by molar-refractivity contribution is -0.193. The van der Waals surface area contributed by atoms with Crippen molar-refractivity contribution in [3.63, 3.8) is 0 Å². The van der Waals surface area contributed by atoms with Crippen molar-refractivity contribution in [2.75, 3.05) is 134 Å². The molecule has 0 amide bonds. The van der Waals surface area contributed by atoms with Crippen LogP contribution in [0.5, 0.6) is 23.0 Å². The van der Waals surface area contributed by atoms with Crippen molar-refractivity contribution in [2.24, 2.45) is 0 Å². The molecule has 0 bridgehead atoms. The van der Waals surface area contributed by atoms with Crippen LogP contribution in [0.4, 0.5) is 0 Å². The van der Waals surface area contributed by atoms with Gasteiger partial charge in [0, 0.05) is 174 Å². The van der Waals surface area contributed by atoms with E-state index in [-0.39, 0.29) is 37.3 Å². The number of hydrogen-bond acceptors (Lipinski definition) is 24. The number of pyridine rings is 4. The van der Waals surface area contributed by atoms with Crippen LogP contribution in [0.15, 0.2) is 146 Å². The molecule has 3 N–H and O–H groups in total. The third-order valence-corrected chi connectivity index (χ3v) is 15.8. The maximum Gasteiger partial charge on any atom is 0.373 e. The predicted octanol–water partition coefficient (Wildman–Crippen LogP) is 8.49. The van der Waals surface area contributed by atoms with Crippen LogP contribution in [-0.4, -0.2) is 193 Å². The number of methoxy groups -OCH3 is 4. The second-order valence-electron chi connectivity index (χ2n) is 24.1. The van der Waals surface area contributed by atoms with Gasteiger partial charge in [-0.05, 0) is 180 Å². The van der Waals surface area contributed by atoms with Gasteiger partial charge in [0.25, 0.3) is 0 Å². The Labute approximate surface area is 638 Å². The van der Waals surface area contributed by atoms with Gasteiger partial charge in [0.15, 0.2) is 13.6 Å². The summed E-state index contributed by atoms with van der Waals surface area (Å²) in [4.78, 5) is 83.4. The van der Waals surface area contributed by atoms with E-state index >= 15 is 0 Å². The molecule has 10 rings (SSSR count). The minimum atomic E-state index is -0.519. The molecule has 4 aromatic heterocycles. The first-order valence-corrected chi connectivity index (χ1v) is 35.5. The number of aryl methyl sites for hydroxylation is 3. The van der Waals surface area contributed by atoms with E-state index < -0.39 is 11.9 Å². The minimum Gasteiger partial charge on any atom is -0.494 e. The van der Waals surface area contributed by atoms with Gasteiger partial charge >= 0.3 is 24.2 Å². The normalized spacial score (nSPS) is 12.7. The molecule has 2 saturated heterocycles. The highest BCUT2D eigenvalue weighted by atomic mass is 16.7. The highest BCUT2D eigenvalue weighted by Crippen LogP contribution is 2.20. The third-order valence-electron chi connectivity index (χ3n) is 15.8. The quantitative estimate of drug-likeness (QED) is 0.0389. The lowest BCUT2D eigenvalue weighted by Crippen LogP contribution is -2.36. The summed E-state index contributed by atoms with van der Waals surface area (Å²) < 4.78 is 41.8. The van der Waals surface area contributed by atoms with E-state index in [0.717, 1.165) is 163 Å². The number of aromatic nitrogens is 4. The third kappa shape index (κ3) is 33.3. The maximum atomic E-state index is 13.0. The van der Waals surface area contributed by atoms with E-state index in [2.05, 4.69) is 95.1 Å². The molecule has 0 spiro atoms. The molecular weight excluding hydrogens is 1380 g/mol.